The lowest BCUT2D eigenvalue weighted by atomic mass is 10.4. The molecule has 0 aliphatic carbocycles. The third-order valence-electron chi connectivity index (χ3n) is 3.06. The molecule has 21 heavy (non-hydrogen) atoms. The quantitative estimate of drug-likeness (QED) is 0.659. The van der Waals surface area contributed by atoms with Crippen molar-refractivity contribution in [2.24, 2.45) is 0 Å². The van der Waals surface area contributed by atoms with Crippen LogP contribution < -0.4 is 5.32 Å². The summed E-state index contributed by atoms with van der Waals surface area (Å²) in [5.74, 6) is -0.625. The Balaban J connectivity index is 1.71. The summed E-state index contributed by atoms with van der Waals surface area (Å²) in [6.45, 7) is 1.31. The number of carboxylic acid groups (broad SMARTS) is 1. The van der Waals surface area contributed by atoms with E-state index in [1.165, 1.54) is 0 Å². The van der Waals surface area contributed by atoms with Crippen LogP contribution in [-0.4, -0.2) is 42.0 Å². The van der Waals surface area contributed by atoms with Crippen LogP contribution in [-0.2, 0) is 6.54 Å². The highest BCUT2D eigenvalue weighted by atomic mass is 16.4. The van der Waals surface area contributed by atoms with Gasteiger partial charge in [0.1, 0.15) is 5.65 Å². The molecule has 0 saturated carbocycles. The first kappa shape index (κ1) is 13.1. The average molecular weight is 286 g/mol. The van der Waals surface area contributed by atoms with Gasteiger partial charge in [-0.1, -0.05) is 11.3 Å². The van der Waals surface area contributed by atoms with E-state index in [1.807, 2.05) is 6.07 Å². The van der Waals surface area contributed by atoms with E-state index in [1.54, 1.807) is 39.8 Å². The Bertz CT molecular complexity index is 749. The van der Waals surface area contributed by atoms with Crippen LogP contribution in [0.3, 0.4) is 0 Å². The monoisotopic (exact) mass is 286 g/mol. The topological polar surface area (TPSA) is 97.3 Å². The molecule has 8 nitrogen and oxygen atoms in total. The Morgan fingerprint density at radius 3 is 3.00 bits per heavy atom. The molecule has 0 radical (unpaired) electrons. The van der Waals surface area contributed by atoms with Crippen LogP contribution in [0.25, 0.3) is 5.65 Å². The number of hydrogen-bond acceptors (Lipinski definition) is 5. The Labute approximate surface area is 120 Å². The molecule has 108 valence electrons. The van der Waals surface area contributed by atoms with E-state index in [0.29, 0.717) is 24.6 Å². The van der Waals surface area contributed by atoms with Crippen molar-refractivity contribution in [1.29, 1.82) is 0 Å². The standard InChI is InChI=1S/C13H14N6O2/c20-13(21)11-12(16-10-4-1-2-8-19(10)11)14-5-3-7-18-9-6-15-17-18/h1-2,4,6,8-9,14H,3,5,7H2,(H,20,21). The van der Waals surface area contributed by atoms with Crippen LogP contribution in [0, 0.1) is 0 Å². The summed E-state index contributed by atoms with van der Waals surface area (Å²) in [6, 6.07) is 5.37. The van der Waals surface area contributed by atoms with Gasteiger partial charge in [-0.2, -0.15) is 0 Å². The number of hydrogen-bond donors (Lipinski definition) is 2. The number of aromatic nitrogens is 5. The van der Waals surface area contributed by atoms with Crippen LogP contribution >= 0.6 is 0 Å². The Morgan fingerprint density at radius 2 is 2.24 bits per heavy atom. The predicted octanol–water partition coefficient (Wildman–Crippen LogP) is 1.13. The lowest BCUT2D eigenvalue weighted by molar-refractivity contribution is 0.0690. The fourth-order valence-corrected chi connectivity index (χ4v) is 2.12. The van der Waals surface area contributed by atoms with Crippen LogP contribution in [0.1, 0.15) is 16.9 Å². The van der Waals surface area contributed by atoms with Crippen LogP contribution in [0.2, 0.25) is 0 Å². The fourth-order valence-electron chi connectivity index (χ4n) is 2.12. The normalized spacial score (nSPS) is 10.9. The van der Waals surface area contributed by atoms with Crippen LogP contribution in [0.5, 0.6) is 0 Å². The molecule has 0 spiro atoms. The maximum Gasteiger partial charge on any atom is 0.356 e. The largest absolute Gasteiger partial charge is 0.476 e. The lowest BCUT2D eigenvalue weighted by Crippen LogP contribution is -2.11. The number of fused-ring (bicyclic) bond motifs is 1. The Morgan fingerprint density at radius 1 is 1.33 bits per heavy atom. The van der Waals surface area contributed by atoms with Gasteiger partial charge >= 0.3 is 5.97 Å². The molecule has 0 atom stereocenters. The van der Waals surface area contributed by atoms with Gasteiger partial charge < -0.3 is 10.4 Å². The number of aryl methyl sites for hydroxylation is 1. The van der Waals surface area contributed by atoms with Crippen molar-refractivity contribution in [3.63, 3.8) is 0 Å². The molecular formula is C13H14N6O2. The second kappa shape index (κ2) is 5.61. The van der Waals surface area contributed by atoms with Gasteiger partial charge in [-0.3, -0.25) is 9.08 Å². The summed E-state index contributed by atoms with van der Waals surface area (Å²) in [4.78, 5) is 15.7. The van der Waals surface area contributed by atoms with Gasteiger partial charge in [0.15, 0.2) is 11.5 Å². The Hall–Kier alpha value is -2.90. The molecule has 0 aliphatic rings. The van der Waals surface area contributed by atoms with E-state index in [4.69, 9.17) is 0 Å². The first-order valence-corrected chi connectivity index (χ1v) is 6.54. The van der Waals surface area contributed by atoms with Crippen molar-refractivity contribution < 1.29 is 9.90 Å². The predicted molar refractivity (Wildman–Crippen MR) is 75.3 cm³/mol. The number of nitrogens with zero attached hydrogens (tertiary/aromatic N) is 5. The molecule has 0 aromatic carbocycles. The summed E-state index contributed by atoms with van der Waals surface area (Å²) < 4.78 is 3.28. The zero-order chi connectivity index (χ0) is 14.7. The average Bonchev–Trinajstić information content (AvgIpc) is 3.10. The third-order valence-corrected chi connectivity index (χ3v) is 3.06. The van der Waals surface area contributed by atoms with Crippen molar-refractivity contribution in [2.75, 3.05) is 11.9 Å². The van der Waals surface area contributed by atoms with Crippen molar-refractivity contribution in [3.05, 3.63) is 42.5 Å². The minimum Gasteiger partial charge on any atom is -0.476 e. The van der Waals surface area contributed by atoms with E-state index >= 15 is 0 Å². The zero-order valence-corrected chi connectivity index (χ0v) is 11.2. The van der Waals surface area contributed by atoms with Gasteiger partial charge in [-0.25, -0.2) is 9.78 Å². The number of anilines is 1. The summed E-state index contributed by atoms with van der Waals surface area (Å²) in [5.41, 5.74) is 0.750. The number of pyridine rings is 1. The Kier molecular flexibility index (Phi) is 3.50. The van der Waals surface area contributed by atoms with Gasteiger partial charge in [0.25, 0.3) is 0 Å². The molecule has 8 heteroatoms. The summed E-state index contributed by atoms with van der Waals surface area (Å²) in [7, 11) is 0. The summed E-state index contributed by atoms with van der Waals surface area (Å²) >= 11 is 0. The highest BCUT2D eigenvalue weighted by Crippen LogP contribution is 2.17. The number of imidazole rings is 1. The van der Waals surface area contributed by atoms with Gasteiger partial charge in [-0.15, -0.1) is 5.10 Å². The van der Waals surface area contributed by atoms with Gasteiger partial charge in [-0.05, 0) is 18.6 Å². The molecule has 0 unspecified atom stereocenters. The van der Waals surface area contributed by atoms with Crippen molar-refractivity contribution in [1.82, 2.24) is 24.4 Å². The molecule has 0 bridgehead atoms. The molecule has 3 rings (SSSR count). The molecule has 3 aromatic rings. The fraction of sp³-hybridized carbons (Fsp3) is 0.231. The van der Waals surface area contributed by atoms with Crippen LogP contribution in [0.4, 0.5) is 5.82 Å². The first-order chi connectivity index (χ1) is 10.3. The van der Waals surface area contributed by atoms with E-state index in [-0.39, 0.29) is 5.69 Å². The molecular weight excluding hydrogens is 272 g/mol. The molecule has 3 aromatic heterocycles. The summed E-state index contributed by atoms with van der Waals surface area (Å²) in [6.07, 6.45) is 5.88. The maximum atomic E-state index is 11.4. The van der Waals surface area contributed by atoms with Crippen LogP contribution in [0.15, 0.2) is 36.8 Å². The van der Waals surface area contributed by atoms with Crippen molar-refractivity contribution >= 4 is 17.4 Å². The van der Waals surface area contributed by atoms with Crippen molar-refractivity contribution in [2.45, 2.75) is 13.0 Å². The molecule has 0 saturated heterocycles. The minimum atomic E-state index is -1.01. The van der Waals surface area contributed by atoms with Crippen molar-refractivity contribution in [3.8, 4) is 0 Å². The molecule has 0 amide bonds. The lowest BCUT2D eigenvalue weighted by Gasteiger charge is -2.04. The van der Waals surface area contributed by atoms with Gasteiger partial charge in [0.05, 0.1) is 6.20 Å². The number of carboxylic acids is 1. The molecule has 2 N–H and O–H groups in total. The minimum absolute atomic E-state index is 0.145. The number of carbonyl (C=O) groups is 1. The van der Waals surface area contributed by atoms with E-state index in [0.717, 1.165) is 6.42 Å². The molecule has 0 fully saturated rings. The second-order valence-electron chi connectivity index (χ2n) is 4.49. The second-order valence-corrected chi connectivity index (χ2v) is 4.49. The van der Waals surface area contributed by atoms with Gasteiger partial charge in [0.2, 0.25) is 0 Å². The first-order valence-electron chi connectivity index (χ1n) is 6.54. The van der Waals surface area contributed by atoms with Gasteiger partial charge in [0, 0.05) is 25.5 Å². The number of rotatable bonds is 6. The number of nitrogens with one attached hydrogen (secondary N) is 1. The maximum absolute atomic E-state index is 11.4. The molecule has 0 aliphatic heterocycles. The van der Waals surface area contributed by atoms with E-state index < -0.39 is 5.97 Å². The smallest absolute Gasteiger partial charge is 0.356 e. The third kappa shape index (κ3) is 2.69. The molecule has 3 heterocycles. The number of aromatic carboxylic acids is 1. The van der Waals surface area contributed by atoms with E-state index in [2.05, 4.69) is 20.6 Å². The summed E-state index contributed by atoms with van der Waals surface area (Å²) in [5, 5.41) is 20.0. The zero-order valence-electron chi connectivity index (χ0n) is 11.2. The highest BCUT2D eigenvalue weighted by molar-refractivity contribution is 5.92. The van der Waals surface area contributed by atoms with E-state index in [9.17, 15) is 9.90 Å². The highest BCUT2D eigenvalue weighted by Gasteiger charge is 2.17. The SMILES string of the molecule is O=C(O)c1c(NCCCn2ccnn2)nc2ccccn12.